The van der Waals surface area contributed by atoms with Crippen molar-refractivity contribution in [1.29, 1.82) is 0 Å². The number of carbonyl (C=O) groups excluding carboxylic acids is 1. The molecule has 136 valence electrons. The molecule has 7 heteroatoms. The van der Waals surface area contributed by atoms with Crippen LogP contribution in [0.1, 0.15) is 24.4 Å². The Labute approximate surface area is 154 Å². The summed E-state index contributed by atoms with van der Waals surface area (Å²) >= 11 is 0. The van der Waals surface area contributed by atoms with Crippen LogP contribution in [-0.2, 0) is 11.2 Å². The number of carbonyl (C=O) groups is 1. The van der Waals surface area contributed by atoms with Gasteiger partial charge in [0.1, 0.15) is 11.9 Å². The number of fused-ring (bicyclic) bond motifs is 1. The topological polar surface area (TPSA) is 83.8 Å². The smallest absolute Gasteiger partial charge is 0.249 e. The molecule has 0 aliphatic heterocycles. The fourth-order valence-corrected chi connectivity index (χ4v) is 2.93. The maximum atomic E-state index is 13.0. The fourth-order valence-electron chi connectivity index (χ4n) is 2.93. The molecule has 1 atom stereocenters. The number of aromatic amines is 1. The Bertz CT molecular complexity index is 1080. The van der Waals surface area contributed by atoms with Crippen molar-refractivity contribution in [1.82, 2.24) is 20.4 Å². The van der Waals surface area contributed by atoms with Gasteiger partial charge in [0.2, 0.25) is 17.6 Å². The van der Waals surface area contributed by atoms with Gasteiger partial charge in [0.15, 0.2) is 0 Å². The Hall–Kier alpha value is -3.48. The third kappa shape index (κ3) is 3.57. The Morgan fingerprint density at radius 3 is 2.81 bits per heavy atom. The summed E-state index contributed by atoms with van der Waals surface area (Å²) in [6.07, 6.45) is 2.08. The number of amides is 1. The fraction of sp³-hybridized carbons (Fsp3) is 0.150. The second kappa shape index (κ2) is 7.03. The van der Waals surface area contributed by atoms with Gasteiger partial charge in [-0.25, -0.2) is 4.39 Å². The number of rotatable bonds is 5. The molecular weight excluding hydrogens is 347 g/mol. The molecule has 2 N–H and O–H groups in total. The molecule has 4 aromatic rings. The normalized spacial score (nSPS) is 12.2. The van der Waals surface area contributed by atoms with E-state index in [1.807, 2.05) is 30.5 Å². The van der Waals surface area contributed by atoms with Crippen LogP contribution in [0.25, 0.3) is 22.3 Å². The highest BCUT2D eigenvalue weighted by atomic mass is 19.1. The average molecular weight is 364 g/mol. The molecule has 1 amide bonds. The van der Waals surface area contributed by atoms with Gasteiger partial charge in [-0.15, -0.1) is 0 Å². The van der Waals surface area contributed by atoms with Gasteiger partial charge in [-0.3, -0.25) is 4.79 Å². The summed E-state index contributed by atoms with van der Waals surface area (Å²) in [4.78, 5) is 19.8. The van der Waals surface area contributed by atoms with Crippen LogP contribution in [0.3, 0.4) is 0 Å². The van der Waals surface area contributed by atoms with E-state index in [1.54, 1.807) is 19.1 Å². The summed E-state index contributed by atoms with van der Waals surface area (Å²) in [6, 6.07) is 13.2. The maximum Gasteiger partial charge on any atom is 0.249 e. The van der Waals surface area contributed by atoms with Crippen LogP contribution in [-0.4, -0.2) is 21.0 Å². The van der Waals surface area contributed by atoms with E-state index in [9.17, 15) is 9.18 Å². The van der Waals surface area contributed by atoms with Crippen molar-refractivity contribution in [3.8, 4) is 11.4 Å². The zero-order chi connectivity index (χ0) is 18.8. The van der Waals surface area contributed by atoms with Crippen molar-refractivity contribution in [3.63, 3.8) is 0 Å². The SMILES string of the molecule is C[C@H](NC(=O)Cc1c[nH]c2ccccc12)c1nc(-c2ccc(F)cc2)no1. The lowest BCUT2D eigenvalue weighted by Crippen LogP contribution is -2.28. The number of aromatic nitrogens is 3. The minimum atomic E-state index is -0.440. The number of benzene rings is 2. The summed E-state index contributed by atoms with van der Waals surface area (Å²) < 4.78 is 18.3. The quantitative estimate of drug-likeness (QED) is 0.564. The first-order valence-corrected chi connectivity index (χ1v) is 8.54. The number of halogens is 1. The highest BCUT2D eigenvalue weighted by Gasteiger charge is 2.18. The van der Waals surface area contributed by atoms with Gasteiger partial charge >= 0.3 is 0 Å². The van der Waals surface area contributed by atoms with E-state index >= 15 is 0 Å². The number of nitrogens with one attached hydrogen (secondary N) is 2. The van der Waals surface area contributed by atoms with Crippen molar-refractivity contribution in [2.24, 2.45) is 0 Å². The summed E-state index contributed by atoms with van der Waals surface area (Å²) in [6.45, 7) is 1.77. The number of para-hydroxylation sites is 1. The van der Waals surface area contributed by atoms with Gasteiger partial charge in [0.05, 0.1) is 6.42 Å². The van der Waals surface area contributed by atoms with E-state index in [4.69, 9.17) is 4.52 Å². The molecule has 27 heavy (non-hydrogen) atoms. The molecule has 0 radical (unpaired) electrons. The minimum Gasteiger partial charge on any atom is -0.361 e. The third-order valence-electron chi connectivity index (χ3n) is 4.32. The zero-order valence-electron chi connectivity index (χ0n) is 14.6. The molecule has 0 saturated carbocycles. The number of H-pyrrole nitrogens is 1. The molecule has 0 aliphatic rings. The van der Waals surface area contributed by atoms with Crippen molar-refractivity contribution in [3.05, 3.63) is 72.0 Å². The second-order valence-electron chi connectivity index (χ2n) is 6.29. The van der Waals surface area contributed by atoms with Gasteiger partial charge in [-0.1, -0.05) is 23.4 Å². The number of hydrogen-bond acceptors (Lipinski definition) is 4. The highest BCUT2D eigenvalue weighted by Crippen LogP contribution is 2.20. The molecule has 2 aromatic carbocycles. The number of nitrogens with zero attached hydrogens (tertiary/aromatic N) is 2. The lowest BCUT2D eigenvalue weighted by Gasteiger charge is -2.09. The molecular formula is C20H17FN4O2. The first kappa shape index (κ1) is 17.0. The zero-order valence-corrected chi connectivity index (χ0v) is 14.6. The largest absolute Gasteiger partial charge is 0.361 e. The standard InChI is InChI=1S/C20H17FN4O2/c1-12(20-24-19(25-27-20)13-6-8-15(21)9-7-13)23-18(26)10-14-11-22-17-5-3-2-4-16(14)17/h2-9,11-12,22H,10H2,1H3,(H,23,26)/t12-/m0/s1. The van der Waals surface area contributed by atoms with E-state index in [0.717, 1.165) is 16.5 Å². The van der Waals surface area contributed by atoms with Crippen LogP contribution in [0, 0.1) is 5.82 Å². The van der Waals surface area contributed by atoms with Gasteiger partial charge in [-0.2, -0.15) is 4.98 Å². The lowest BCUT2D eigenvalue weighted by atomic mass is 10.1. The van der Waals surface area contributed by atoms with Gasteiger partial charge in [0.25, 0.3) is 0 Å². The van der Waals surface area contributed by atoms with Crippen LogP contribution >= 0.6 is 0 Å². The Morgan fingerprint density at radius 2 is 2.00 bits per heavy atom. The third-order valence-corrected chi connectivity index (χ3v) is 4.32. The van der Waals surface area contributed by atoms with Gasteiger partial charge in [0, 0.05) is 22.7 Å². The first-order chi connectivity index (χ1) is 13.1. The molecule has 0 bridgehead atoms. The Morgan fingerprint density at radius 1 is 1.22 bits per heavy atom. The monoisotopic (exact) mass is 364 g/mol. The summed E-state index contributed by atoms with van der Waals surface area (Å²) in [5, 5.41) is 7.78. The van der Waals surface area contributed by atoms with Crippen molar-refractivity contribution < 1.29 is 13.7 Å². The molecule has 0 saturated heterocycles. The van der Waals surface area contributed by atoms with Crippen LogP contribution in [0.5, 0.6) is 0 Å². The van der Waals surface area contributed by atoms with Crippen LogP contribution in [0.4, 0.5) is 4.39 Å². The van der Waals surface area contributed by atoms with Crippen LogP contribution in [0.15, 0.2) is 59.3 Å². The summed E-state index contributed by atoms with van der Waals surface area (Å²) in [7, 11) is 0. The van der Waals surface area contributed by atoms with Crippen molar-refractivity contribution in [2.45, 2.75) is 19.4 Å². The molecule has 0 spiro atoms. The van der Waals surface area contributed by atoms with E-state index in [2.05, 4.69) is 20.4 Å². The Kier molecular flexibility index (Phi) is 4.42. The van der Waals surface area contributed by atoms with Crippen LogP contribution in [0.2, 0.25) is 0 Å². The number of hydrogen-bond donors (Lipinski definition) is 2. The van der Waals surface area contributed by atoms with Gasteiger partial charge in [-0.05, 0) is 42.8 Å². The molecule has 4 rings (SSSR count). The lowest BCUT2D eigenvalue weighted by molar-refractivity contribution is -0.121. The summed E-state index contributed by atoms with van der Waals surface area (Å²) in [5.74, 6) is 0.165. The molecule has 2 aromatic heterocycles. The van der Waals surface area contributed by atoms with E-state index in [-0.39, 0.29) is 18.1 Å². The van der Waals surface area contributed by atoms with Crippen LogP contribution < -0.4 is 5.32 Å². The van der Waals surface area contributed by atoms with E-state index in [1.165, 1.54) is 12.1 Å². The molecule has 6 nitrogen and oxygen atoms in total. The Balaban J connectivity index is 1.43. The predicted molar refractivity (Wildman–Crippen MR) is 98.3 cm³/mol. The highest BCUT2D eigenvalue weighted by molar-refractivity contribution is 5.88. The maximum absolute atomic E-state index is 13.0. The molecule has 2 heterocycles. The van der Waals surface area contributed by atoms with E-state index in [0.29, 0.717) is 17.3 Å². The summed E-state index contributed by atoms with van der Waals surface area (Å²) in [5.41, 5.74) is 2.56. The van der Waals surface area contributed by atoms with Gasteiger partial charge < -0.3 is 14.8 Å². The molecule has 0 unspecified atom stereocenters. The van der Waals surface area contributed by atoms with Crippen molar-refractivity contribution in [2.75, 3.05) is 0 Å². The second-order valence-corrected chi connectivity index (χ2v) is 6.29. The minimum absolute atomic E-state index is 0.145. The first-order valence-electron chi connectivity index (χ1n) is 8.54. The average Bonchev–Trinajstić information content (AvgIpc) is 3.30. The van der Waals surface area contributed by atoms with E-state index < -0.39 is 6.04 Å². The molecule has 0 aliphatic carbocycles. The molecule has 0 fully saturated rings. The predicted octanol–water partition coefficient (Wildman–Crippen LogP) is 3.78. The van der Waals surface area contributed by atoms with Crippen molar-refractivity contribution >= 4 is 16.8 Å².